The number of hydrogen-bond donors (Lipinski definition) is 1. The summed E-state index contributed by atoms with van der Waals surface area (Å²) in [5.41, 5.74) is 2.83. The smallest absolute Gasteiger partial charge is 0.0858 e. The van der Waals surface area contributed by atoms with Gasteiger partial charge in [-0.2, -0.15) is 10.2 Å². The zero-order chi connectivity index (χ0) is 13.3. The molecule has 2 aromatic carbocycles. The van der Waals surface area contributed by atoms with Gasteiger partial charge in [-0.15, -0.1) is 0 Å². The highest BCUT2D eigenvalue weighted by Crippen LogP contribution is 2.19. The molecule has 4 heteroatoms. The van der Waals surface area contributed by atoms with Crippen molar-refractivity contribution in [3.8, 4) is 0 Å². The number of alkyl halides is 1. The number of azo groups is 1. The lowest BCUT2D eigenvalue weighted by Gasteiger charge is -2.04. The van der Waals surface area contributed by atoms with Crippen molar-refractivity contribution in [1.82, 2.24) is 0 Å². The molecule has 0 amide bonds. The first kappa shape index (κ1) is 13.7. The molecule has 0 saturated heterocycles. The lowest BCUT2D eigenvalue weighted by atomic mass is 10.3. The second kappa shape index (κ2) is 7.69. The van der Waals surface area contributed by atoms with Crippen LogP contribution in [0.1, 0.15) is 6.42 Å². The molecule has 0 fully saturated rings. The lowest BCUT2D eigenvalue weighted by Crippen LogP contribution is -2.00. The quantitative estimate of drug-likeness (QED) is 0.438. The zero-order valence-electron chi connectivity index (χ0n) is 10.6. The van der Waals surface area contributed by atoms with E-state index in [1.54, 1.807) is 0 Å². The Hall–Kier alpha value is -1.68. The van der Waals surface area contributed by atoms with E-state index in [0.717, 1.165) is 35.4 Å². The normalized spacial score (nSPS) is 10.8. The average molecular weight is 318 g/mol. The molecular formula is C15H16BrN3. The van der Waals surface area contributed by atoms with E-state index in [1.807, 2.05) is 54.6 Å². The van der Waals surface area contributed by atoms with E-state index < -0.39 is 0 Å². The third-order valence-electron chi connectivity index (χ3n) is 2.54. The van der Waals surface area contributed by atoms with E-state index in [4.69, 9.17) is 0 Å². The van der Waals surface area contributed by atoms with Gasteiger partial charge in [0.1, 0.15) is 0 Å². The molecule has 0 aliphatic carbocycles. The number of rotatable bonds is 6. The summed E-state index contributed by atoms with van der Waals surface area (Å²) < 4.78 is 0. The predicted molar refractivity (Wildman–Crippen MR) is 84.0 cm³/mol. The Kier molecular flexibility index (Phi) is 5.56. The molecule has 0 aromatic heterocycles. The van der Waals surface area contributed by atoms with Crippen LogP contribution in [0.4, 0.5) is 17.1 Å². The van der Waals surface area contributed by atoms with E-state index in [1.165, 1.54) is 0 Å². The van der Waals surface area contributed by atoms with Gasteiger partial charge in [0.2, 0.25) is 0 Å². The second-order valence-electron chi connectivity index (χ2n) is 4.05. The molecule has 0 aliphatic heterocycles. The third-order valence-corrected chi connectivity index (χ3v) is 3.10. The van der Waals surface area contributed by atoms with E-state index in [0.29, 0.717) is 0 Å². The zero-order valence-corrected chi connectivity index (χ0v) is 12.2. The molecule has 0 spiro atoms. The van der Waals surface area contributed by atoms with Crippen molar-refractivity contribution in [3.63, 3.8) is 0 Å². The van der Waals surface area contributed by atoms with Gasteiger partial charge in [-0.1, -0.05) is 34.1 Å². The van der Waals surface area contributed by atoms with Crippen molar-refractivity contribution in [2.24, 2.45) is 10.2 Å². The van der Waals surface area contributed by atoms with Crippen molar-refractivity contribution in [2.45, 2.75) is 6.42 Å². The summed E-state index contributed by atoms with van der Waals surface area (Å²) >= 11 is 3.41. The minimum atomic E-state index is 0.856. The molecular weight excluding hydrogens is 302 g/mol. The van der Waals surface area contributed by atoms with Gasteiger partial charge < -0.3 is 5.32 Å². The monoisotopic (exact) mass is 317 g/mol. The van der Waals surface area contributed by atoms with Crippen molar-refractivity contribution >= 4 is 33.0 Å². The van der Waals surface area contributed by atoms with Crippen LogP contribution in [-0.4, -0.2) is 11.9 Å². The van der Waals surface area contributed by atoms with Gasteiger partial charge in [-0.05, 0) is 42.8 Å². The van der Waals surface area contributed by atoms with Crippen LogP contribution in [0.3, 0.4) is 0 Å². The fourth-order valence-corrected chi connectivity index (χ4v) is 1.84. The van der Waals surface area contributed by atoms with E-state index >= 15 is 0 Å². The maximum Gasteiger partial charge on any atom is 0.0858 e. The van der Waals surface area contributed by atoms with Crippen molar-refractivity contribution in [3.05, 3.63) is 54.6 Å². The molecule has 0 unspecified atom stereocenters. The summed E-state index contributed by atoms with van der Waals surface area (Å²) in [6.07, 6.45) is 1.11. The summed E-state index contributed by atoms with van der Waals surface area (Å²) in [6, 6.07) is 17.7. The fraction of sp³-hybridized carbons (Fsp3) is 0.200. The summed E-state index contributed by atoms with van der Waals surface area (Å²) in [7, 11) is 0. The van der Waals surface area contributed by atoms with E-state index in [2.05, 4.69) is 31.5 Å². The Morgan fingerprint density at radius 1 is 0.842 bits per heavy atom. The van der Waals surface area contributed by atoms with Crippen LogP contribution >= 0.6 is 15.9 Å². The highest BCUT2D eigenvalue weighted by Gasteiger charge is 1.93. The number of benzene rings is 2. The summed E-state index contributed by atoms with van der Waals surface area (Å²) in [5.74, 6) is 0. The number of hydrogen-bond acceptors (Lipinski definition) is 3. The van der Waals surface area contributed by atoms with E-state index in [-0.39, 0.29) is 0 Å². The van der Waals surface area contributed by atoms with Crippen molar-refractivity contribution in [1.29, 1.82) is 0 Å². The first-order chi connectivity index (χ1) is 9.38. The van der Waals surface area contributed by atoms with Crippen LogP contribution in [0, 0.1) is 0 Å². The predicted octanol–water partition coefficient (Wildman–Crippen LogP) is 5.30. The maximum atomic E-state index is 4.20. The lowest BCUT2D eigenvalue weighted by molar-refractivity contribution is 0.999. The van der Waals surface area contributed by atoms with Gasteiger partial charge in [0.15, 0.2) is 0 Å². The molecule has 0 bridgehead atoms. The molecule has 19 heavy (non-hydrogen) atoms. The summed E-state index contributed by atoms with van der Waals surface area (Å²) in [6.45, 7) is 0.968. The number of nitrogens with zero attached hydrogens (tertiary/aromatic N) is 2. The molecule has 98 valence electrons. The maximum absolute atomic E-state index is 4.20. The van der Waals surface area contributed by atoms with Crippen LogP contribution in [0.15, 0.2) is 64.8 Å². The van der Waals surface area contributed by atoms with Crippen LogP contribution < -0.4 is 5.32 Å². The van der Waals surface area contributed by atoms with Crippen LogP contribution in [0.5, 0.6) is 0 Å². The average Bonchev–Trinajstić information content (AvgIpc) is 2.48. The Morgan fingerprint density at radius 2 is 1.47 bits per heavy atom. The van der Waals surface area contributed by atoms with E-state index in [9.17, 15) is 0 Å². The van der Waals surface area contributed by atoms with Crippen LogP contribution in [-0.2, 0) is 0 Å². The van der Waals surface area contributed by atoms with Crippen LogP contribution in [0.25, 0.3) is 0 Å². The Bertz CT molecular complexity index is 509. The van der Waals surface area contributed by atoms with Crippen molar-refractivity contribution in [2.75, 3.05) is 17.2 Å². The van der Waals surface area contributed by atoms with Gasteiger partial charge in [-0.25, -0.2) is 0 Å². The minimum absolute atomic E-state index is 0.856. The standard InChI is InChI=1S/C15H16BrN3/c16-11-4-12-17-13-7-9-15(10-8-13)19-18-14-5-2-1-3-6-14/h1-3,5-10,17H,4,11-12H2/b19-18+. The molecule has 0 saturated carbocycles. The summed E-state index contributed by atoms with van der Waals surface area (Å²) in [5, 5.41) is 12.7. The largest absolute Gasteiger partial charge is 0.385 e. The molecule has 1 N–H and O–H groups in total. The first-order valence-corrected chi connectivity index (χ1v) is 7.37. The Balaban J connectivity index is 1.93. The highest BCUT2D eigenvalue weighted by molar-refractivity contribution is 9.09. The molecule has 0 atom stereocenters. The third kappa shape index (κ3) is 4.83. The summed E-state index contributed by atoms with van der Waals surface area (Å²) in [4.78, 5) is 0. The van der Waals surface area contributed by atoms with Gasteiger partial charge >= 0.3 is 0 Å². The number of nitrogens with one attached hydrogen (secondary N) is 1. The fourth-order valence-electron chi connectivity index (χ4n) is 1.56. The van der Waals surface area contributed by atoms with Crippen molar-refractivity contribution < 1.29 is 0 Å². The molecule has 2 rings (SSSR count). The Labute approximate surface area is 121 Å². The first-order valence-electron chi connectivity index (χ1n) is 6.25. The molecule has 0 heterocycles. The topological polar surface area (TPSA) is 36.8 Å². The number of anilines is 1. The Morgan fingerprint density at radius 3 is 2.11 bits per heavy atom. The van der Waals surface area contributed by atoms with Crippen LogP contribution in [0.2, 0.25) is 0 Å². The molecule has 2 aromatic rings. The SMILES string of the molecule is BrCCCNc1ccc(/N=N/c2ccccc2)cc1. The number of halogens is 1. The second-order valence-corrected chi connectivity index (χ2v) is 4.84. The van der Waals surface area contributed by atoms with Gasteiger partial charge in [0.05, 0.1) is 11.4 Å². The van der Waals surface area contributed by atoms with Gasteiger partial charge in [0, 0.05) is 17.6 Å². The molecule has 3 nitrogen and oxygen atoms in total. The van der Waals surface area contributed by atoms with Gasteiger partial charge in [0.25, 0.3) is 0 Å². The molecule has 0 radical (unpaired) electrons. The van der Waals surface area contributed by atoms with Gasteiger partial charge in [-0.3, -0.25) is 0 Å². The highest BCUT2D eigenvalue weighted by atomic mass is 79.9. The minimum Gasteiger partial charge on any atom is -0.385 e. The molecule has 0 aliphatic rings.